The number of aromatic nitrogens is 2. The number of carbonyl (C=O) groups excluding carboxylic acids is 1. The van der Waals surface area contributed by atoms with Crippen molar-refractivity contribution in [2.45, 2.75) is 25.3 Å². The van der Waals surface area contributed by atoms with E-state index in [1.165, 1.54) is 6.92 Å². The van der Waals surface area contributed by atoms with Gasteiger partial charge >= 0.3 is 11.7 Å². The van der Waals surface area contributed by atoms with Crippen LogP contribution in [0.4, 0.5) is 0 Å². The van der Waals surface area contributed by atoms with E-state index in [2.05, 4.69) is 10.3 Å². The van der Waals surface area contributed by atoms with Crippen LogP contribution in [0.5, 0.6) is 0 Å². The van der Waals surface area contributed by atoms with Crippen molar-refractivity contribution in [2.75, 3.05) is 0 Å². The van der Waals surface area contributed by atoms with Crippen LogP contribution in [0, 0.1) is 5.92 Å². The number of hydrogen-bond acceptors (Lipinski definition) is 4. The topological polar surface area (TPSA) is 132 Å². The molecule has 0 aliphatic heterocycles. The maximum atomic E-state index is 11.9. The quantitative estimate of drug-likeness (QED) is 0.558. The van der Waals surface area contributed by atoms with Crippen LogP contribution < -0.4 is 16.6 Å². The Hall–Kier alpha value is -2.38. The van der Waals surface area contributed by atoms with Crippen LogP contribution in [0.15, 0.2) is 15.8 Å². The van der Waals surface area contributed by atoms with Crippen molar-refractivity contribution in [3.63, 3.8) is 0 Å². The summed E-state index contributed by atoms with van der Waals surface area (Å²) < 4.78 is 0. The molecule has 1 aliphatic carbocycles. The minimum atomic E-state index is -1.40. The minimum Gasteiger partial charge on any atom is -0.480 e. The van der Waals surface area contributed by atoms with Crippen molar-refractivity contribution in [3.8, 4) is 0 Å². The number of carboxylic acids is 1. The zero-order valence-corrected chi connectivity index (χ0v) is 10.1. The summed E-state index contributed by atoms with van der Waals surface area (Å²) in [6.45, 7) is 1.41. The maximum absolute atomic E-state index is 11.9. The molecular formula is C11H13N3O5. The van der Waals surface area contributed by atoms with E-state index in [-0.39, 0.29) is 11.5 Å². The lowest BCUT2D eigenvalue weighted by Crippen LogP contribution is -2.54. The first-order valence-corrected chi connectivity index (χ1v) is 5.72. The molecule has 19 heavy (non-hydrogen) atoms. The molecule has 1 unspecified atom stereocenters. The molecule has 1 aromatic heterocycles. The van der Waals surface area contributed by atoms with Crippen molar-refractivity contribution in [1.82, 2.24) is 15.3 Å². The number of hydrogen-bond donors (Lipinski definition) is 4. The second kappa shape index (κ2) is 4.38. The summed E-state index contributed by atoms with van der Waals surface area (Å²) in [7, 11) is 0. The predicted octanol–water partition coefficient (Wildman–Crippen LogP) is -0.954. The molecule has 1 aromatic rings. The van der Waals surface area contributed by atoms with Gasteiger partial charge in [0.25, 0.3) is 11.5 Å². The molecule has 1 amide bonds. The standard InChI is InChI=1S/C11H13N3O5/c1-11(9(17)18,5-2-3-5)14-8(16)6-4-12-10(19)13-7(6)15/h4-5H,2-3H2,1H3,(H,14,16)(H,17,18)(H2,12,13,15,19). The molecule has 8 heteroatoms. The van der Waals surface area contributed by atoms with Gasteiger partial charge in [-0.15, -0.1) is 0 Å². The molecule has 0 spiro atoms. The lowest BCUT2D eigenvalue weighted by molar-refractivity contribution is -0.144. The van der Waals surface area contributed by atoms with Crippen LogP contribution in [0.25, 0.3) is 0 Å². The van der Waals surface area contributed by atoms with Gasteiger partial charge in [0.05, 0.1) is 0 Å². The Morgan fingerprint density at radius 2 is 2.05 bits per heavy atom. The fourth-order valence-corrected chi connectivity index (χ4v) is 1.87. The molecule has 8 nitrogen and oxygen atoms in total. The molecule has 1 atom stereocenters. The maximum Gasteiger partial charge on any atom is 0.329 e. The number of aliphatic carboxylic acids is 1. The fraction of sp³-hybridized carbons (Fsp3) is 0.455. The lowest BCUT2D eigenvalue weighted by Gasteiger charge is -2.25. The lowest BCUT2D eigenvalue weighted by atomic mass is 9.95. The number of rotatable bonds is 4. The molecule has 1 saturated carbocycles. The van der Waals surface area contributed by atoms with Crippen LogP contribution >= 0.6 is 0 Å². The van der Waals surface area contributed by atoms with E-state index in [1.54, 1.807) is 0 Å². The largest absolute Gasteiger partial charge is 0.480 e. The first-order valence-electron chi connectivity index (χ1n) is 5.72. The number of aromatic amines is 2. The molecular weight excluding hydrogens is 254 g/mol. The van der Waals surface area contributed by atoms with E-state index < -0.39 is 28.7 Å². The molecule has 0 aromatic carbocycles. The van der Waals surface area contributed by atoms with Crippen molar-refractivity contribution in [1.29, 1.82) is 0 Å². The van der Waals surface area contributed by atoms with Crippen LogP contribution in [0.2, 0.25) is 0 Å². The molecule has 4 N–H and O–H groups in total. The Bertz CT molecular complexity index is 642. The van der Waals surface area contributed by atoms with E-state index in [0.717, 1.165) is 6.20 Å². The third-order valence-electron chi connectivity index (χ3n) is 3.28. The predicted molar refractivity (Wildman–Crippen MR) is 63.9 cm³/mol. The highest BCUT2D eigenvalue weighted by molar-refractivity contribution is 5.97. The van der Waals surface area contributed by atoms with Gasteiger partial charge < -0.3 is 15.4 Å². The minimum absolute atomic E-state index is 0.143. The Morgan fingerprint density at radius 3 is 2.53 bits per heavy atom. The Balaban J connectivity index is 2.27. The summed E-state index contributed by atoms with van der Waals surface area (Å²) in [6.07, 6.45) is 2.39. The van der Waals surface area contributed by atoms with Gasteiger partial charge in [-0.05, 0) is 25.7 Å². The van der Waals surface area contributed by atoms with Gasteiger partial charge in [0, 0.05) is 6.20 Å². The van der Waals surface area contributed by atoms with Gasteiger partial charge in [0.2, 0.25) is 0 Å². The highest BCUT2D eigenvalue weighted by Gasteiger charge is 2.48. The van der Waals surface area contributed by atoms with E-state index in [0.29, 0.717) is 12.8 Å². The molecule has 2 rings (SSSR count). The molecule has 1 heterocycles. The number of nitrogens with one attached hydrogen (secondary N) is 3. The Kier molecular flexibility index (Phi) is 3.01. The number of amides is 1. The molecule has 0 radical (unpaired) electrons. The number of H-pyrrole nitrogens is 2. The summed E-state index contributed by atoms with van der Waals surface area (Å²) in [5.74, 6) is -2.12. The summed E-state index contributed by atoms with van der Waals surface area (Å²) in [5.41, 5.74) is -3.32. The average molecular weight is 267 g/mol. The van der Waals surface area contributed by atoms with Crippen LogP contribution in [0.1, 0.15) is 30.1 Å². The fourth-order valence-electron chi connectivity index (χ4n) is 1.87. The van der Waals surface area contributed by atoms with Crippen molar-refractivity contribution in [3.05, 3.63) is 32.6 Å². The van der Waals surface area contributed by atoms with Crippen molar-refractivity contribution >= 4 is 11.9 Å². The summed E-state index contributed by atoms with van der Waals surface area (Å²) in [6, 6.07) is 0. The number of carboxylic acid groups (broad SMARTS) is 1. The second-order valence-corrected chi connectivity index (χ2v) is 4.72. The van der Waals surface area contributed by atoms with Gasteiger partial charge in [-0.1, -0.05) is 0 Å². The van der Waals surface area contributed by atoms with Gasteiger partial charge in [-0.2, -0.15) is 0 Å². The first-order chi connectivity index (χ1) is 8.84. The van der Waals surface area contributed by atoms with Crippen molar-refractivity contribution in [2.24, 2.45) is 5.92 Å². The smallest absolute Gasteiger partial charge is 0.329 e. The average Bonchev–Trinajstić information content (AvgIpc) is 3.11. The molecule has 1 aliphatic rings. The normalized spacial score (nSPS) is 17.5. The Labute approximate surface area is 106 Å². The number of carbonyl (C=O) groups is 2. The summed E-state index contributed by atoms with van der Waals surface area (Å²) in [5, 5.41) is 11.5. The van der Waals surface area contributed by atoms with Gasteiger partial charge in [0.15, 0.2) is 0 Å². The van der Waals surface area contributed by atoms with E-state index in [9.17, 15) is 24.3 Å². The highest BCUT2D eigenvalue weighted by Crippen LogP contribution is 2.39. The third kappa shape index (κ3) is 2.42. The zero-order chi connectivity index (χ0) is 14.2. The molecule has 1 fully saturated rings. The summed E-state index contributed by atoms with van der Waals surface area (Å²) >= 11 is 0. The van der Waals surface area contributed by atoms with Gasteiger partial charge in [-0.3, -0.25) is 14.6 Å². The third-order valence-corrected chi connectivity index (χ3v) is 3.28. The van der Waals surface area contributed by atoms with E-state index in [4.69, 9.17) is 0 Å². The first kappa shape index (κ1) is 13.1. The zero-order valence-electron chi connectivity index (χ0n) is 10.1. The van der Waals surface area contributed by atoms with Crippen LogP contribution in [-0.2, 0) is 4.79 Å². The van der Waals surface area contributed by atoms with E-state index in [1.807, 2.05) is 4.98 Å². The Morgan fingerprint density at radius 1 is 1.42 bits per heavy atom. The molecule has 102 valence electrons. The SMILES string of the molecule is CC(NC(=O)c1c[nH]c(=O)[nH]c1=O)(C(=O)O)C1CC1. The van der Waals surface area contributed by atoms with Crippen LogP contribution in [0.3, 0.4) is 0 Å². The van der Waals surface area contributed by atoms with E-state index >= 15 is 0 Å². The second-order valence-electron chi connectivity index (χ2n) is 4.72. The van der Waals surface area contributed by atoms with Crippen LogP contribution in [-0.4, -0.2) is 32.5 Å². The summed E-state index contributed by atoms with van der Waals surface area (Å²) in [4.78, 5) is 49.5. The molecule has 0 saturated heterocycles. The van der Waals surface area contributed by atoms with Crippen molar-refractivity contribution < 1.29 is 14.7 Å². The molecule has 0 bridgehead atoms. The van der Waals surface area contributed by atoms with Gasteiger partial charge in [0.1, 0.15) is 11.1 Å². The van der Waals surface area contributed by atoms with Gasteiger partial charge in [-0.25, -0.2) is 9.59 Å². The monoisotopic (exact) mass is 267 g/mol. The highest BCUT2D eigenvalue weighted by atomic mass is 16.4.